The van der Waals surface area contributed by atoms with Crippen molar-refractivity contribution in [2.45, 2.75) is 61.3 Å². The second-order valence-electron chi connectivity index (χ2n) is 5.19. The van der Waals surface area contributed by atoms with Crippen LogP contribution in [0.15, 0.2) is 0 Å². The molecule has 0 aromatic heterocycles. The molecule has 23 heavy (non-hydrogen) atoms. The first-order chi connectivity index (χ1) is 9.63. The van der Waals surface area contributed by atoms with Crippen LogP contribution in [0.3, 0.4) is 0 Å². The molecule has 0 radical (unpaired) electrons. The molecule has 0 aromatic carbocycles. The van der Waals surface area contributed by atoms with Gasteiger partial charge in [0, 0.05) is 18.8 Å². The Balaban J connectivity index is -0.000000149. The molecule has 124 valence electrons. The monoisotopic (exact) mass is 332 g/mol. The van der Waals surface area contributed by atoms with Crippen molar-refractivity contribution in [2.24, 2.45) is 11.3 Å². The molecule has 0 bridgehead atoms. The molecule has 1 unspecified atom stereocenters. The number of halogens is 1. The Bertz CT molecular complexity index is 490. The van der Waals surface area contributed by atoms with Crippen LogP contribution in [0.5, 0.6) is 0 Å². The van der Waals surface area contributed by atoms with Gasteiger partial charge < -0.3 is 12.4 Å². The first kappa shape index (κ1) is 30.0. The summed E-state index contributed by atoms with van der Waals surface area (Å²) in [4.78, 5) is 32.8. The van der Waals surface area contributed by atoms with E-state index in [0.29, 0.717) is 12.8 Å². The summed E-state index contributed by atoms with van der Waals surface area (Å²) >= 11 is 0. The molecule has 3 nitrogen and oxygen atoms in total. The van der Waals surface area contributed by atoms with E-state index in [1.807, 2.05) is 6.92 Å². The quantitative estimate of drug-likeness (QED) is 0.311. The smallest absolute Gasteiger partial charge is 1.00 e. The van der Waals surface area contributed by atoms with Crippen molar-refractivity contribution >= 4 is 17.3 Å². The fourth-order valence-corrected chi connectivity index (χ4v) is 1.16. The third-order valence-corrected chi connectivity index (χ3v) is 3.45. The first-order valence-electron chi connectivity index (χ1n) is 6.95. The maximum atomic E-state index is 11.1. The number of hydrogen-bond donors (Lipinski definition) is 0. The Morgan fingerprint density at radius 3 is 1.61 bits per heavy atom. The Kier molecular flexibility index (Phi) is 20.7. The summed E-state index contributed by atoms with van der Waals surface area (Å²) in [5.41, 5.74) is -0.900. The minimum atomic E-state index is -0.900. The van der Waals surface area contributed by atoms with E-state index in [2.05, 4.69) is 23.7 Å². The number of carbonyl (C=O) groups is 3. The van der Waals surface area contributed by atoms with E-state index in [-0.39, 0.29) is 54.5 Å². The van der Waals surface area contributed by atoms with Gasteiger partial charge in [-0.15, -0.1) is 23.7 Å². The van der Waals surface area contributed by atoms with Crippen LogP contribution in [0.2, 0.25) is 0 Å². The average Bonchev–Trinajstić information content (AvgIpc) is 2.41. The summed E-state index contributed by atoms with van der Waals surface area (Å²) in [5.74, 6) is 11.2. The maximum Gasteiger partial charge on any atom is 1.00 e. The first-order valence-corrected chi connectivity index (χ1v) is 6.95. The van der Waals surface area contributed by atoms with Crippen molar-refractivity contribution in [3.8, 4) is 23.7 Å². The molecule has 0 aliphatic heterocycles. The van der Waals surface area contributed by atoms with Gasteiger partial charge in [-0.25, -0.2) is 0 Å². The number of hydrogen-bond acceptors (Lipinski definition) is 3. The van der Waals surface area contributed by atoms with Crippen LogP contribution in [-0.4, -0.2) is 17.3 Å². The standard InChI is InChI=1S/C10H14O2.C8H12O.ClH.Li/c1-5-6-7-10(4,8(2)11)9(3)12;1-4-5-6-7(2)8(3)9;;/h7H2,1-4H3;7H,6H2,1-3H3;1H;/q;;;+1/p-1. The Morgan fingerprint density at radius 1 is 0.957 bits per heavy atom. The van der Waals surface area contributed by atoms with Gasteiger partial charge in [-0.2, -0.15) is 0 Å². The summed E-state index contributed by atoms with van der Waals surface area (Å²) in [5, 5.41) is 0. The molecule has 0 aromatic rings. The molecule has 0 heterocycles. The minimum absolute atomic E-state index is 0. The molecule has 0 rings (SSSR count). The zero-order chi connectivity index (χ0) is 17.1. The van der Waals surface area contributed by atoms with Crippen LogP contribution in [0.1, 0.15) is 61.3 Å². The zero-order valence-corrected chi connectivity index (χ0v) is 16.4. The topological polar surface area (TPSA) is 51.2 Å². The van der Waals surface area contributed by atoms with Crippen LogP contribution < -0.4 is 31.3 Å². The van der Waals surface area contributed by atoms with E-state index in [1.165, 1.54) is 13.8 Å². The van der Waals surface area contributed by atoms with Crippen molar-refractivity contribution in [1.82, 2.24) is 0 Å². The van der Waals surface area contributed by atoms with E-state index in [0.717, 1.165) is 0 Å². The minimum Gasteiger partial charge on any atom is -1.00 e. The van der Waals surface area contributed by atoms with Gasteiger partial charge >= 0.3 is 18.9 Å². The van der Waals surface area contributed by atoms with Crippen molar-refractivity contribution in [3.05, 3.63) is 0 Å². The molecule has 0 spiro atoms. The Hall–Kier alpha value is -0.983. The Labute approximate surface area is 159 Å². The third kappa shape index (κ3) is 13.2. The molecule has 0 fully saturated rings. The second-order valence-corrected chi connectivity index (χ2v) is 5.19. The van der Waals surface area contributed by atoms with E-state index in [9.17, 15) is 14.4 Å². The molecule has 5 heteroatoms. The largest absolute Gasteiger partial charge is 1.00 e. The summed E-state index contributed by atoms with van der Waals surface area (Å²) in [6.45, 7) is 11.5. The molecule has 1 atom stereocenters. The van der Waals surface area contributed by atoms with Crippen LogP contribution in [0, 0.1) is 35.0 Å². The van der Waals surface area contributed by atoms with Gasteiger partial charge in [0.1, 0.15) is 17.3 Å². The van der Waals surface area contributed by atoms with Gasteiger partial charge in [-0.05, 0) is 41.5 Å². The molecular formula is C18H26ClLiO3. The summed E-state index contributed by atoms with van der Waals surface area (Å²) in [6.07, 6.45) is 1.03. The summed E-state index contributed by atoms with van der Waals surface area (Å²) in [7, 11) is 0. The van der Waals surface area contributed by atoms with Gasteiger partial charge in [0.25, 0.3) is 0 Å². The van der Waals surface area contributed by atoms with Crippen LogP contribution >= 0.6 is 0 Å². The summed E-state index contributed by atoms with van der Waals surface area (Å²) in [6, 6.07) is 0. The average molecular weight is 333 g/mol. The molecule has 0 N–H and O–H groups in total. The predicted octanol–water partition coefficient (Wildman–Crippen LogP) is -2.78. The van der Waals surface area contributed by atoms with E-state index >= 15 is 0 Å². The SMILES string of the molecule is CC#CCC(C)(C(C)=O)C(C)=O.CC#CCC(C)C(C)=O.[Cl-].[Li+]. The predicted molar refractivity (Wildman–Crippen MR) is 85.4 cm³/mol. The number of Topliss-reactive ketones (excluding diaryl/α,β-unsaturated/α-hetero) is 3. The molecule has 0 aliphatic rings. The molecule has 0 saturated heterocycles. The molecular weight excluding hydrogens is 307 g/mol. The van der Waals surface area contributed by atoms with E-state index in [1.54, 1.807) is 27.7 Å². The van der Waals surface area contributed by atoms with Gasteiger partial charge in [0.05, 0.1) is 5.41 Å². The maximum absolute atomic E-state index is 11.1. The summed E-state index contributed by atoms with van der Waals surface area (Å²) < 4.78 is 0. The number of rotatable bonds is 5. The van der Waals surface area contributed by atoms with E-state index < -0.39 is 5.41 Å². The number of carbonyl (C=O) groups excluding carboxylic acids is 3. The van der Waals surface area contributed by atoms with Crippen molar-refractivity contribution < 1.29 is 45.7 Å². The Morgan fingerprint density at radius 2 is 1.35 bits per heavy atom. The van der Waals surface area contributed by atoms with Crippen LogP contribution in [-0.2, 0) is 14.4 Å². The van der Waals surface area contributed by atoms with Gasteiger partial charge in [-0.3, -0.25) is 14.4 Å². The van der Waals surface area contributed by atoms with Crippen molar-refractivity contribution in [1.29, 1.82) is 0 Å². The van der Waals surface area contributed by atoms with Gasteiger partial charge in [-0.1, -0.05) is 6.92 Å². The molecule has 0 saturated carbocycles. The van der Waals surface area contributed by atoms with Crippen LogP contribution in [0.4, 0.5) is 0 Å². The second kappa shape index (κ2) is 15.9. The fraction of sp³-hybridized carbons (Fsp3) is 0.611. The van der Waals surface area contributed by atoms with Gasteiger partial charge in [0.15, 0.2) is 0 Å². The van der Waals surface area contributed by atoms with Crippen molar-refractivity contribution in [3.63, 3.8) is 0 Å². The van der Waals surface area contributed by atoms with Crippen molar-refractivity contribution in [2.75, 3.05) is 0 Å². The zero-order valence-electron chi connectivity index (χ0n) is 15.6. The third-order valence-electron chi connectivity index (χ3n) is 3.45. The molecule has 0 aliphatic carbocycles. The number of ketones is 3. The van der Waals surface area contributed by atoms with Gasteiger partial charge in [0.2, 0.25) is 0 Å². The van der Waals surface area contributed by atoms with E-state index in [4.69, 9.17) is 0 Å². The normalized spacial score (nSPS) is 9.70. The molecule has 0 amide bonds. The van der Waals surface area contributed by atoms with Crippen LogP contribution in [0.25, 0.3) is 0 Å². The fourth-order valence-electron chi connectivity index (χ4n) is 1.16.